The number of carboxylic acid groups (broad SMARTS) is 1. The Morgan fingerprint density at radius 2 is 1.89 bits per heavy atom. The summed E-state index contributed by atoms with van der Waals surface area (Å²) in [4.78, 5) is 24.8. The normalized spacial score (nSPS) is 11.7. The third-order valence-corrected chi connectivity index (χ3v) is 3.40. The highest BCUT2D eigenvalue weighted by atomic mass is 16.4. The monoisotopic (exact) mass is 267 g/mol. The zero-order valence-corrected chi connectivity index (χ0v) is 12.3. The first-order chi connectivity index (χ1) is 8.59. The Morgan fingerprint density at radius 1 is 1.37 bits per heavy atom. The second-order valence-corrected chi connectivity index (χ2v) is 5.50. The minimum Gasteiger partial charge on any atom is -0.480 e. The minimum absolute atomic E-state index is 0.179. The van der Waals surface area contributed by atoms with E-state index >= 15 is 0 Å². The largest absolute Gasteiger partial charge is 0.480 e. The summed E-state index contributed by atoms with van der Waals surface area (Å²) in [5, 5.41) is 9.15. The molecule has 0 saturated carbocycles. The molecule has 1 amide bonds. The SMILES string of the molecule is Cc1oc(C(C)C)cc1C(=O)N(C)C(C)(C)C(=O)O. The molecule has 1 N–H and O–H groups in total. The van der Waals surface area contributed by atoms with Crippen LogP contribution in [0.1, 0.15) is 55.5 Å². The fourth-order valence-electron chi connectivity index (χ4n) is 1.58. The third-order valence-electron chi connectivity index (χ3n) is 3.40. The predicted octanol–water partition coefficient (Wildman–Crippen LogP) is 2.65. The Kier molecular flexibility index (Phi) is 4.08. The Labute approximate surface area is 113 Å². The van der Waals surface area contributed by atoms with Gasteiger partial charge in [-0.05, 0) is 26.8 Å². The van der Waals surface area contributed by atoms with Crippen LogP contribution in [0.2, 0.25) is 0 Å². The highest BCUT2D eigenvalue weighted by Gasteiger charge is 2.36. The summed E-state index contributed by atoms with van der Waals surface area (Å²) in [5.41, 5.74) is -0.848. The number of aryl methyl sites for hydroxylation is 1. The second kappa shape index (κ2) is 5.07. The molecule has 0 aliphatic rings. The summed E-state index contributed by atoms with van der Waals surface area (Å²) in [6.45, 7) is 8.63. The molecule has 0 bridgehead atoms. The molecule has 0 radical (unpaired) electrons. The Morgan fingerprint density at radius 3 is 2.26 bits per heavy atom. The minimum atomic E-state index is -1.27. The lowest BCUT2D eigenvalue weighted by Gasteiger charge is -2.31. The van der Waals surface area contributed by atoms with Crippen molar-refractivity contribution in [2.24, 2.45) is 0 Å². The van der Waals surface area contributed by atoms with Crippen LogP contribution >= 0.6 is 0 Å². The molecule has 0 fully saturated rings. The van der Waals surface area contributed by atoms with E-state index in [4.69, 9.17) is 9.52 Å². The molecule has 1 aromatic rings. The molecule has 0 aromatic carbocycles. The van der Waals surface area contributed by atoms with Gasteiger partial charge in [-0.2, -0.15) is 0 Å². The number of carboxylic acids is 1. The highest BCUT2D eigenvalue weighted by Crippen LogP contribution is 2.24. The first-order valence-electron chi connectivity index (χ1n) is 6.21. The number of hydrogen-bond donors (Lipinski definition) is 1. The van der Waals surface area contributed by atoms with Gasteiger partial charge in [0, 0.05) is 13.0 Å². The zero-order valence-electron chi connectivity index (χ0n) is 12.3. The van der Waals surface area contributed by atoms with Crippen LogP contribution in [0.4, 0.5) is 0 Å². The van der Waals surface area contributed by atoms with Crippen LogP contribution in [0.25, 0.3) is 0 Å². The first-order valence-corrected chi connectivity index (χ1v) is 6.21. The molecular formula is C14H21NO4. The summed E-state index contributed by atoms with van der Waals surface area (Å²) < 4.78 is 5.53. The third kappa shape index (κ3) is 2.80. The van der Waals surface area contributed by atoms with Crippen LogP contribution in [0.15, 0.2) is 10.5 Å². The van der Waals surface area contributed by atoms with Crippen molar-refractivity contribution < 1.29 is 19.1 Å². The van der Waals surface area contributed by atoms with Gasteiger partial charge in [0.2, 0.25) is 0 Å². The van der Waals surface area contributed by atoms with Gasteiger partial charge in [-0.1, -0.05) is 13.8 Å². The fourth-order valence-corrected chi connectivity index (χ4v) is 1.58. The molecule has 5 heteroatoms. The van der Waals surface area contributed by atoms with Crippen molar-refractivity contribution in [1.82, 2.24) is 4.90 Å². The Balaban J connectivity index is 3.11. The van der Waals surface area contributed by atoms with Gasteiger partial charge in [-0.3, -0.25) is 4.79 Å². The second-order valence-electron chi connectivity index (χ2n) is 5.50. The van der Waals surface area contributed by atoms with E-state index in [2.05, 4.69) is 0 Å². The van der Waals surface area contributed by atoms with Crippen LogP contribution in [-0.4, -0.2) is 34.5 Å². The van der Waals surface area contributed by atoms with Crippen LogP contribution in [-0.2, 0) is 4.79 Å². The van der Waals surface area contributed by atoms with Crippen molar-refractivity contribution in [1.29, 1.82) is 0 Å². The van der Waals surface area contributed by atoms with Crippen molar-refractivity contribution in [2.75, 3.05) is 7.05 Å². The number of rotatable bonds is 4. The molecule has 1 heterocycles. The molecule has 1 rings (SSSR count). The van der Waals surface area contributed by atoms with E-state index in [1.807, 2.05) is 13.8 Å². The van der Waals surface area contributed by atoms with E-state index in [-0.39, 0.29) is 11.8 Å². The van der Waals surface area contributed by atoms with E-state index in [0.29, 0.717) is 11.3 Å². The first kappa shape index (κ1) is 15.3. The van der Waals surface area contributed by atoms with Gasteiger partial charge in [-0.15, -0.1) is 0 Å². The van der Waals surface area contributed by atoms with E-state index in [1.165, 1.54) is 25.8 Å². The summed E-state index contributed by atoms with van der Waals surface area (Å²) in [5.74, 6) is 0.0243. The number of nitrogens with zero attached hydrogens (tertiary/aromatic N) is 1. The summed E-state index contributed by atoms with van der Waals surface area (Å²) in [7, 11) is 1.48. The maximum absolute atomic E-state index is 12.4. The van der Waals surface area contributed by atoms with Gasteiger partial charge < -0.3 is 14.4 Å². The average molecular weight is 267 g/mol. The van der Waals surface area contributed by atoms with E-state index in [1.54, 1.807) is 13.0 Å². The molecular weight excluding hydrogens is 246 g/mol. The Hall–Kier alpha value is -1.78. The number of amides is 1. The van der Waals surface area contributed by atoms with E-state index in [9.17, 15) is 9.59 Å². The standard InChI is InChI=1S/C14H21NO4/c1-8(2)11-7-10(9(3)19-11)12(16)15(6)14(4,5)13(17)18/h7-8H,1-6H3,(H,17,18). The number of likely N-dealkylation sites (N-methyl/N-ethyl adjacent to an activating group) is 1. The molecule has 0 aliphatic carbocycles. The van der Waals surface area contributed by atoms with Crippen molar-refractivity contribution in [3.63, 3.8) is 0 Å². The molecule has 0 saturated heterocycles. The topological polar surface area (TPSA) is 70.8 Å². The lowest BCUT2D eigenvalue weighted by molar-refractivity contribution is -0.147. The quantitative estimate of drug-likeness (QED) is 0.910. The van der Waals surface area contributed by atoms with Gasteiger partial charge in [0.15, 0.2) is 0 Å². The number of furan rings is 1. The van der Waals surface area contributed by atoms with Gasteiger partial charge in [-0.25, -0.2) is 4.79 Å². The van der Waals surface area contributed by atoms with Crippen molar-refractivity contribution in [3.05, 3.63) is 23.2 Å². The van der Waals surface area contributed by atoms with Crippen molar-refractivity contribution in [3.8, 4) is 0 Å². The Bertz CT molecular complexity index is 500. The van der Waals surface area contributed by atoms with Gasteiger partial charge in [0.05, 0.1) is 5.56 Å². The molecule has 106 valence electrons. The van der Waals surface area contributed by atoms with Crippen molar-refractivity contribution in [2.45, 2.75) is 46.1 Å². The molecule has 0 aliphatic heterocycles. The van der Waals surface area contributed by atoms with Crippen molar-refractivity contribution >= 4 is 11.9 Å². The van der Waals surface area contributed by atoms with Gasteiger partial charge in [0.25, 0.3) is 5.91 Å². The summed E-state index contributed by atoms with van der Waals surface area (Å²) in [6.07, 6.45) is 0. The zero-order chi connectivity index (χ0) is 15.0. The number of hydrogen-bond acceptors (Lipinski definition) is 3. The molecule has 0 atom stereocenters. The molecule has 19 heavy (non-hydrogen) atoms. The summed E-state index contributed by atoms with van der Waals surface area (Å²) in [6, 6.07) is 1.69. The van der Waals surface area contributed by atoms with E-state index in [0.717, 1.165) is 5.76 Å². The smallest absolute Gasteiger partial charge is 0.329 e. The summed E-state index contributed by atoms with van der Waals surface area (Å²) >= 11 is 0. The maximum Gasteiger partial charge on any atom is 0.329 e. The van der Waals surface area contributed by atoms with E-state index < -0.39 is 11.5 Å². The van der Waals surface area contributed by atoms with Crippen LogP contribution < -0.4 is 0 Å². The fraction of sp³-hybridized carbons (Fsp3) is 0.571. The average Bonchev–Trinajstić information content (AvgIpc) is 2.69. The molecule has 5 nitrogen and oxygen atoms in total. The van der Waals surface area contributed by atoms with Crippen LogP contribution in [0, 0.1) is 6.92 Å². The molecule has 0 unspecified atom stereocenters. The van der Waals surface area contributed by atoms with Gasteiger partial charge >= 0.3 is 5.97 Å². The van der Waals surface area contributed by atoms with Crippen LogP contribution in [0.5, 0.6) is 0 Å². The lowest BCUT2D eigenvalue weighted by atomic mass is 10.0. The maximum atomic E-state index is 12.4. The molecule has 0 spiro atoms. The van der Waals surface area contributed by atoms with Gasteiger partial charge in [0.1, 0.15) is 17.1 Å². The predicted molar refractivity (Wildman–Crippen MR) is 71.3 cm³/mol. The number of carbonyl (C=O) groups excluding carboxylic acids is 1. The lowest BCUT2D eigenvalue weighted by Crippen LogP contribution is -2.50. The van der Waals surface area contributed by atoms with Crippen LogP contribution in [0.3, 0.4) is 0 Å². The molecule has 1 aromatic heterocycles. The number of aliphatic carboxylic acids is 1. The highest BCUT2D eigenvalue weighted by molar-refractivity contribution is 5.98. The number of carbonyl (C=O) groups is 2.